The van der Waals surface area contributed by atoms with Crippen LogP contribution in [0.5, 0.6) is 0 Å². The highest BCUT2D eigenvalue weighted by Crippen LogP contribution is 2.15. The molecule has 0 aliphatic rings. The minimum absolute atomic E-state index is 0.0467. The number of nitrogens with zero attached hydrogens (tertiary/aromatic N) is 1. The zero-order chi connectivity index (χ0) is 11.3. The number of carbonyl (C=O) groups is 1. The zero-order valence-electron chi connectivity index (χ0n) is 8.87. The number of esters is 1. The van der Waals surface area contributed by atoms with Crippen molar-refractivity contribution in [2.75, 3.05) is 0 Å². The Morgan fingerprint density at radius 2 is 2.40 bits per heavy atom. The normalized spacial score (nSPS) is 12.2. The molecule has 82 valence electrons. The van der Waals surface area contributed by atoms with Crippen LogP contribution in [0.3, 0.4) is 0 Å². The summed E-state index contributed by atoms with van der Waals surface area (Å²) < 4.78 is 5.78. The maximum atomic E-state index is 11.7. The predicted molar refractivity (Wildman–Crippen MR) is 61.7 cm³/mol. The molecule has 0 saturated heterocycles. The Morgan fingerprint density at radius 3 is 3.00 bits per heavy atom. The van der Waals surface area contributed by atoms with Crippen molar-refractivity contribution in [2.24, 2.45) is 0 Å². The number of hydrogen-bond acceptors (Lipinski definition) is 3. The summed E-state index contributed by atoms with van der Waals surface area (Å²) in [6.45, 7) is 3.95. The SMILES string of the molecule is CCCC(C)OC(=O)c1cccnc1Br. The smallest absolute Gasteiger partial charge is 0.341 e. The lowest BCUT2D eigenvalue weighted by molar-refractivity contribution is 0.0322. The summed E-state index contributed by atoms with van der Waals surface area (Å²) in [5.74, 6) is -0.323. The highest BCUT2D eigenvalue weighted by Gasteiger charge is 2.14. The minimum Gasteiger partial charge on any atom is -0.459 e. The summed E-state index contributed by atoms with van der Waals surface area (Å²) in [5, 5.41) is 0. The first kappa shape index (κ1) is 12.2. The van der Waals surface area contributed by atoms with Crippen LogP contribution in [0.4, 0.5) is 0 Å². The van der Waals surface area contributed by atoms with Crippen LogP contribution in [0.2, 0.25) is 0 Å². The van der Waals surface area contributed by atoms with E-state index in [0.717, 1.165) is 12.8 Å². The van der Waals surface area contributed by atoms with Crippen molar-refractivity contribution >= 4 is 21.9 Å². The van der Waals surface area contributed by atoms with Crippen LogP contribution in [-0.4, -0.2) is 17.1 Å². The Hall–Kier alpha value is -0.900. The number of halogens is 1. The van der Waals surface area contributed by atoms with Gasteiger partial charge >= 0.3 is 5.97 Å². The van der Waals surface area contributed by atoms with Gasteiger partial charge in [-0.25, -0.2) is 9.78 Å². The second-order valence-electron chi connectivity index (χ2n) is 3.35. The van der Waals surface area contributed by atoms with Gasteiger partial charge in [0.15, 0.2) is 0 Å². The van der Waals surface area contributed by atoms with Crippen molar-refractivity contribution in [2.45, 2.75) is 32.8 Å². The van der Waals surface area contributed by atoms with Gasteiger partial charge in [0.1, 0.15) is 4.60 Å². The number of carbonyl (C=O) groups excluding carboxylic acids is 1. The fourth-order valence-corrected chi connectivity index (χ4v) is 1.66. The van der Waals surface area contributed by atoms with E-state index in [1.54, 1.807) is 18.3 Å². The Kier molecular flexibility index (Phi) is 4.75. The largest absolute Gasteiger partial charge is 0.459 e. The molecule has 0 bridgehead atoms. The summed E-state index contributed by atoms with van der Waals surface area (Å²) >= 11 is 3.21. The van der Waals surface area contributed by atoms with Gasteiger partial charge in [0.2, 0.25) is 0 Å². The number of hydrogen-bond donors (Lipinski definition) is 0. The number of rotatable bonds is 4. The van der Waals surface area contributed by atoms with Crippen molar-refractivity contribution in [3.8, 4) is 0 Å². The Labute approximate surface area is 98.0 Å². The van der Waals surface area contributed by atoms with Crippen LogP contribution in [0, 0.1) is 0 Å². The van der Waals surface area contributed by atoms with Crippen molar-refractivity contribution in [1.82, 2.24) is 4.98 Å². The maximum Gasteiger partial charge on any atom is 0.341 e. The molecular weight excluding hydrogens is 258 g/mol. The summed E-state index contributed by atoms with van der Waals surface area (Å²) in [6, 6.07) is 3.41. The molecule has 0 amide bonds. The molecule has 0 saturated carbocycles. The Bertz CT molecular complexity index is 341. The van der Waals surface area contributed by atoms with Gasteiger partial charge in [-0.3, -0.25) is 0 Å². The second-order valence-corrected chi connectivity index (χ2v) is 4.10. The van der Waals surface area contributed by atoms with E-state index in [9.17, 15) is 4.79 Å². The van der Waals surface area contributed by atoms with Crippen LogP contribution in [-0.2, 0) is 4.74 Å². The molecule has 0 spiro atoms. The van der Waals surface area contributed by atoms with E-state index in [1.807, 2.05) is 6.92 Å². The van der Waals surface area contributed by atoms with Crippen LogP contribution in [0.25, 0.3) is 0 Å². The van der Waals surface area contributed by atoms with Crippen LogP contribution in [0.1, 0.15) is 37.0 Å². The van der Waals surface area contributed by atoms with Gasteiger partial charge in [-0.15, -0.1) is 0 Å². The van der Waals surface area contributed by atoms with E-state index in [1.165, 1.54) is 0 Å². The molecule has 1 unspecified atom stereocenters. The van der Waals surface area contributed by atoms with Crippen molar-refractivity contribution < 1.29 is 9.53 Å². The third kappa shape index (κ3) is 3.63. The first-order valence-electron chi connectivity index (χ1n) is 4.96. The zero-order valence-corrected chi connectivity index (χ0v) is 10.5. The molecule has 0 aromatic carbocycles. The molecule has 0 fully saturated rings. The summed E-state index contributed by atoms with van der Waals surface area (Å²) in [7, 11) is 0. The van der Waals surface area contributed by atoms with Crippen molar-refractivity contribution in [3.63, 3.8) is 0 Å². The molecule has 4 heteroatoms. The standard InChI is InChI=1S/C11H14BrNO2/c1-3-5-8(2)15-11(14)9-6-4-7-13-10(9)12/h4,6-8H,3,5H2,1-2H3. The van der Waals surface area contributed by atoms with E-state index < -0.39 is 0 Å². The maximum absolute atomic E-state index is 11.7. The molecule has 1 heterocycles. The number of pyridine rings is 1. The predicted octanol–water partition coefficient (Wildman–Crippen LogP) is 3.19. The molecule has 1 aromatic rings. The highest BCUT2D eigenvalue weighted by molar-refractivity contribution is 9.10. The van der Waals surface area contributed by atoms with Gasteiger partial charge in [0, 0.05) is 6.20 Å². The lowest BCUT2D eigenvalue weighted by Crippen LogP contribution is -2.15. The molecule has 0 aliphatic heterocycles. The second kappa shape index (κ2) is 5.85. The molecule has 1 atom stereocenters. The van der Waals surface area contributed by atoms with Gasteiger partial charge < -0.3 is 4.74 Å². The van der Waals surface area contributed by atoms with Crippen molar-refractivity contribution in [3.05, 3.63) is 28.5 Å². The van der Waals surface area contributed by atoms with Gasteiger partial charge in [0.05, 0.1) is 11.7 Å². The van der Waals surface area contributed by atoms with Gasteiger partial charge in [0.25, 0.3) is 0 Å². The average molecular weight is 272 g/mol. The Morgan fingerprint density at radius 1 is 1.67 bits per heavy atom. The lowest BCUT2D eigenvalue weighted by Gasteiger charge is -2.12. The lowest BCUT2D eigenvalue weighted by atomic mass is 10.2. The number of ether oxygens (including phenoxy) is 1. The van der Waals surface area contributed by atoms with Crippen molar-refractivity contribution in [1.29, 1.82) is 0 Å². The van der Waals surface area contributed by atoms with E-state index in [0.29, 0.717) is 10.2 Å². The third-order valence-corrected chi connectivity index (χ3v) is 2.61. The molecule has 0 N–H and O–H groups in total. The quantitative estimate of drug-likeness (QED) is 0.624. The van der Waals surface area contributed by atoms with E-state index in [2.05, 4.69) is 27.8 Å². The molecule has 0 radical (unpaired) electrons. The van der Waals surface area contributed by atoms with E-state index >= 15 is 0 Å². The summed E-state index contributed by atoms with van der Waals surface area (Å²) in [5.41, 5.74) is 0.473. The average Bonchev–Trinajstić information content (AvgIpc) is 2.18. The van der Waals surface area contributed by atoms with Crippen LogP contribution < -0.4 is 0 Å². The van der Waals surface area contributed by atoms with Gasteiger partial charge in [-0.05, 0) is 41.4 Å². The highest BCUT2D eigenvalue weighted by atomic mass is 79.9. The van der Waals surface area contributed by atoms with E-state index in [-0.39, 0.29) is 12.1 Å². The fourth-order valence-electron chi connectivity index (χ4n) is 1.25. The first-order valence-corrected chi connectivity index (χ1v) is 5.76. The first-order chi connectivity index (χ1) is 7.15. The molecule has 0 aliphatic carbocycles. The monoisotopic (exact) mass is 271 g/mol. The molecule has 3 nitrogen and oxygen atoms in total. The third-order valence-electron chi connectivity index (χ3n) is 1.98. The molecule has 1 rings (SSSR count). The van der Waals surface area contributed by atoms with Gasteiger partial charge in [-0.1, -0.05) is 13.3 Å². The summed E-state index contributed by atoms with van der Waals surface area (Å²) in [4.78, 5) is 15.6. The number of aromatic nitrogens is 1. The topological polar surface area (TPSA) is 39.2 Å². The molecular formula is C11H14BrNO2. The van der Waals surface area contributed by atoms with Crippen LogP contribution >= 0.6 is 15.9 Å². The molecule has 1 aromatic heterocycles. The van der Waals surface area contributed by atoms with Crippen LogP contribution in [0.15, 0.2) is 22.9 Å². The Balaban J connectivity index is 2.65. The molecule has 15 heavy (non-hydrogen) atoms. The fraction of sp³-hybridized carbons (Fsp3) is 0.455. The minimum atomic E-state index is -0.323. The van der Waals surface area contributed by atoms with Gasteiger partial charge in [-0.2, -0.15) is 0 Å². The summed E-state index contributed by atoms with van der Waals surface area (Å²) in [6.07, 6.45) is 3.46. The van der Waals surface area contributed by atoms with E-state index in [4.69, 9.17) is 4.74 Å².